The Kier molecular flexibility index (Phi) is 9.41. The van der Waals surface area contributed by atoms with Crippen molar-refractivity contribution in [2.24, 2.45) is 5.92 Å². The number of pyridine rings is 1. The molecule has 6 rings (SSSR count). The van der Waals surface area contributed by atoms with Gasteiger partial charge >= 0.3 is 12.2 Å². The van der Waals surface area contributed by atoms with Gasteiger partial charge < -0.3 is 24.8 Å². The third-order valence-electron chi connectivity index (χ3n) is 7.95. The maximum atomic E-state index is 13.7. The summed E-state index contributed by atoms with van der Waals surface area (Å²) in [5, 5.41) is -0.520. The van der Waals surface area contributed by atoms with Gasteiger partial charge in [-0.3, -0.25) is 4.90 Å². The van der Waals surface area contributed by atoms with Gasteiger partial charge in [-0.2, -0.15) is 23.1 Å². The second-order valence-electron chi connectivity index (χ2n) is 11.1. The van der Waals surface area contributed by atoms with Crippen molar-refractivity contribution in [1.29, 1.82) is 0 Å². The van der Waals surface area contributed by atoms with Gasteiger partial charge in [0.1, 0.15) is 17.7 Å². The Morgan fingerprint density at radius 2 is 2.00 bits per heavy atom. The quantitative estimate of drug-likeness (QED) is 0.472. The van der Waals surface area contributed by atoms with Crippen molar-refractivity contribution in [3.63, 3.8) is 0 Å². The summed E-state index contributed by atoms with van der Waals surface area (Å²) in [6, 6.07) is 1.80. The number of nitrogens with zero attached hydrogens (tertiary/aromatic N) is 5. The summed E-state index contributed by atoms with van der Waals surface area (Å²) in [6.45, 7) is 6.66. The van der Waals surface area contributed by atoms with Crippen molar-refractivity contribution < 1.29 is 31.8 Å². The lowest BCUT2D eigenvalue weighted by Crippen LogP contribution is -2.33. The van der Waals surface area contributed by atoms with E-state index in [1.807, 2.05) is 0 Å². The molecule has 2 N–H and O–H groups in total. The summed E-state index contributed by atoms with van der Waals surface area (Å²) < 4.78 is 69.9. The highest BCUT2D eigenvalue weighted by Gasteiger charge is 2.41. The second kappa shape index (κ2) is 12.9. The molecule has 0 amide bonds. The van der Waals surface area contributed by atoms with E-state index in [1.165, 1.54) is 26.5 Å². The van der Waals surface area contributed by atoms with Gasteiger partial charge in [0.15, 0.2) is 0 Å². The molecule has 230 valence electrons. The monoisotopic (exact) mass is 614 g/mol. The van der Waals surface area contributed by atoms with Gasteiger partial charge in [-0.1, -0.05) is 18.5 Å². The molecule has 2 aromatic heterocycles. The third-order valence-corrected chi connectivity index (χ3v) is 8.24. The molecule has 0 aromatic carbocycles. The highest BCUT2D eigenvalue weighted by atomic mass is 35.5. The van der Waals surface area contributed by atoms with Crippen molar-refractivity contribution >= 4 is 23.2 Å². The van der Waals surface area contributed by atoms with E-state index < -0.39 is 22.9 Å². The Bertz CT molecular complexity index is 1300. The summed E-state index contributed by atoms with van der Waals surface area (Å²) in [4.78, 5) is 17.3. The predicted molar refractivity (Wildman–Crippen MR) is 149 cm³/mol. The van der Waals surface area contributed by atoms with Crippen LogP contribution in [0.15, 0.2) is 18.0 Å². The summed E-state index contributed by atoms with van der Waals surface area (Å²) in [5.41, 5.74) is 6.51. The number of ether oxygens (including phenoxy) is 3. The fourth-order valence-electron chi connectivity index (χ4n) is 6.04. The zero-order valence-corrected chi connectivity index (χ0v) is 24.3. The van der Waals surface area contributed by atoms with Crippen molar-refractivity contribution in [1.82, 2.24) is 19.9 Å². The molecule has 0 radical (unpaired) electrons. The van der Waals surface area contributed by atoms with E-state index in [2.05, 4.69) is 31.7 Å². The number of nitrogens with two attached hydrogens (primary N) is 1. The first-order chi connectivity index (χ1) is 20.1. The lowest BCUT2D eigenvalue weighted by atomic mass is 9.99. The first-order valence-electron chi connectivity index (χ1n) is 14.0. The van der Waals surface area contributed by atoms with E-state index in [-0.39, 0.29) is 36.5 Å². The molecular weight excluding hydrogens is 580 g/mol. The van der Waals surface area contributed by atoms with E-state index in [1.54, 1.807) is 0 Å². The molecule has 3 fully saturated rings. The molecule has 9 nitrogen and oxygen atoms in total. The Balaban J connectivity index is 0.000000295. The van der Waals surface area contributed by atoms with Crippen LogP contribution >= 0.6 is 11.6 Å². The van der Waals surface area contributed by atoms with E-state index in [4.69, 9.17) is 31.5 Å². The highest BCUT2D eigenvalue weighted by Crippen LogP contribution is 2.43. The molecule has 42 heavy (non-hydrogen) atoms. The van der Waals surface area contributed by atoms with Crippen LogP contribution in [0.1, 0.15) is 54.8 Å². The van der Waals surface area contributed by atoms with Crippen LogP contribution in [0, 0.1) is 5.92 Å². The third kappa shape index (κ3) is 6.74. The Morgan fingerprint density at radius 1 is 1.19 bits per heavy atom. The van der Waals surface area contributed by atoms with Crippen LogP contribution in [0.25, 0.3) is 0 Å². The number of methoxy groups -OCH3 is 1. The number of anilines is 2. The van der Waals surface area contributed by atoms with Crippen molar-refractivity contribution in [3.05, 3.63) is 45.5 Å². The predicted octanol–water partition coefficient (Wildman–Crippen LogP) is 5.13. The number of hydrogen-bond donors (Lipinski definition) is 1. The maximum absolute atomic E-state index is 13.7. The molecule has 2 aromatic rings. The first kappa shape index (κ1) is 30.7. The molecule has 6 heterocycles. The molecule has 0 bridgehead atoms. The van der Waals surface area contributed by atoms with E-state index >= 15 is 0 Å². The van der Waals surface area contributed by atoms with Crippen LogP contribution in [0.5, 0.6) is 6.01 Å². The normalized spacial score (nSPS) is 25.5. The van der Waals surface area contributed by atoms with Gasteiger partial charge in [0, 0.05) is 37.7 Å². The maximum Gasteiger partial charge on any atom is 0.419 e. The summed E-state index contributed by atoms with van der Waals surface area (Å²) in [6.07, 6.45) is -1.35. The number of alkyl halides is 3. The number of fused-ring (bicyclic) bond motifs is 2. The number of rotatable bonds is 3. The molecule has 3 saturated heterocycles. The minimum Gasteiger partial charge on any atom is -0.467 e. The van der Waals surface area contributed by atoms with Gasteiger partial charge in [-0.15, -0.1) is 0 Å². The number of hydrogen-bond acceptors (Lipinski definition) is 9. The second-order valence-corrected chi connectivity index (χ2v) is 11.5. The van der Waals surface area contributed by atoms with Crippen molar-refractivity contribution in [3.8, 4) is 6.01 Å². The molecule has 3 unspecified atom stereocenters. The number of halogens is 5. The zero-order valence-electron chi connectivity index (χ0n) is 23.6. The van der Waals surface area contributed by atoms with E-state index in [0.717, 1.165) is 30.9 Å². The standard InChI is InChI=1S/C20H23ClF3N5O3.C8H12FN/c1-10-7-29(3-4-31-8-10)18-11-9-32-14(6-13(11)26-19(28-18)30-2)17-16(20(22,23)24)12(21)5-15(25)27-17;9-5-7-4-8-2-1-3-10(8)6-7/h5,10,14H,3-4,6-9H2,1-2H3,(H2,25,27);5,8H,1-4,6H2/b;7-5-. The lowest BCUT2D eigenvalue weighted by Gasteiger charge is -2.31. The van der Waals surface area contributed by atoms with Gasteiger partial charge in [-0.05, 0) is 43.4 Å². The van der Waals surface area contributed by atoms with Crippen molar-refractivity contribution in [2.75, 3.05) is 57.1 Å². The van der Waals surface area contributed by atoms with Gasteiger partial charge in [-0.25, -0.2) is 9.37 Å². The van der Waals surface area contributed by atoms with Gasteiger partial charge in [0.25, 0.3) is 0 Å². The fourth-order valence-corrected chi connectivity index (χ4v) is 6.35. The van der Waals surface area contributed by atoms with Gasteiger partial charge in [0.2, 0.25) is 0 Å². The summed E-state index contributed by atoms with van der Waals surface area (Å²) in [7, 11) is 1.44. The molecule has 0 aliphatic carbocycles. The average molecular weight is 615 g/mol. The van der Waals surface area contributed by atoms with Crippen LogP contribution in [0.2, 0.25) is 5.02 Å². The largest absolute Gasteiger partial charge is 0.467 e. The Morgan fingerprint density at radius 3 is 2.71 bits per heavy atom. The summed E-state index contributed by atoms with van der Waals surface area (Å²) >= 11 is 5.88. The van der Waals surface area contributed by atoms with Crippen LogP contribution in [0.3, 0.4) is 0 Å². The molecular formula is C28H35ClF4N6O3. The average Bonchev–Trinajstić information content (AvgIpc) is 3.48. The van der Waals surface area contributed by atoms with Crippen LogP contribution in [0.4, 0.5) is 29.2 Å². The summed E-state index contributed by atoms with van der Waals surface area (Å²) in [5.74, 6) is 0.795. The van der Waals surface area contributed by atoms with Crippen LogP contribution < -0.4 is 15.4 Å². The van der Waals surface area contributed by atoms with E-state index in [0.29, 0.717) is 49.4 Å². The van der Waals surface area contributed by atoms with E-state index in [9.17, 15) is 17.6 Å². The molecule has 4 aliphatic heterocycles. The Hall–Kier alpha value is -2.74. The Labute approximate surface area is 247 Å². The SMILES string of the molecule is COc1nc2c(c(N3CCOCC(C)C3)n1)COC(c1nc(N)cc(Cl)c1C(F)(F)F)C2.F/C=C1/CC2CCCN2C1. The van der Waals surface area contributed by atoms with Crippen molar-refractivity contribution in [2.45, 2.75) is 57.5 Å². The van der Waals surface area contributed by atoms with Crippen LogP contribution in [-0.4, -0.2) is 72.4 Å². The molecule has 0 spiro atoms. The smallest absolute Gasteiger partial charge is 0.419 e. The fraction of sp³-hybridized carbons (Fsp3) is 0.607. The minimum absolute atomic E-state index is 0.0104. The lowest BCUT2D eigenvalue weighted by molar-refractivity contribution is -0.140. The minimum atomic E-state index is -4.71. The molecule has 0 saturated carbocycles. The van der Waals surface area contributed by atoms with Gasteiger partial charge in [0.05, 0.1) is 55.2 Å². The number of nitrogen functional groups attached to an aromatic ring is 1. The number of aromatic nitrogens is 3. The zero-order chi connectivity index (χ0) is 30.0. The first-order valence-corrected chi connectivity index (χ1v) is 14.4. The molecule has 3 atom stereocenters. The molecule has 4 aliphatic rings. The topological polar surface area (TPSA) is 98.9 Å². The van der Waals surface area contributed by atoms with Crippen LogP contribution in [-0.2, 0) is 28.7 Å². The highest BCUT2D eigenvalue weighted by molar-refractivity contribution is 6.31. The molecule has 14 heteroatoms.